The van der Waals surface area contributed by atoms with Crippen LogP contribution in [0.5, 0.6) is 17.2 Å². The quantitative estimate of drug-likeness (QED) is 0.238. The minimum atomic E-state index is -4.84. The second-order valence-electron chi connectivity index (χ2n) is 11.4. The summed E-state index contributed by atoms with van der Waals surface area (Å²) in [7, 11) is 1.34. The van der Waals surface area contributed by atoms with Crippen LogP contribution in [-0.4, -0.2) is 74.4 Å². The number of halogens is 4. The number of rotatable bonds is 12. The molecule has 2 aromatic carbocycles. The van der Waals surface area contributed by atoms with Gasteiger partial charge in [-0.1, -0.05) is 0 Å². The molecule has 1 aromatic heterocycles. The third kappa shape index (κ3) is 7.44. The number of aliphatic hydroxyl groups excluding tert-OH is 1. The minimum absolute atomic E-state index is 0.00830. The number of benzene rings is 2. The Balaban J connectivity index is 1.46. The van der Waals surface area contributed by atoms with E-state index in [1.165, 1.54) is 43.5 Å². The lowest BCUT2D eigenvalue weighted by Gasteiger charge is -2.25. The Labute approximate surface area is 262 Å². The average Bonchev–Trinajstić information content (AvgIpc) is 3.78. The second kappa shape index (κ2) is 13.4. The van der Waals surface area contributed by atoms with Gasteiger partial charge in [-0.2, -0.15) is 13.2 Å². The third-order valence-corrected chi connectivity index (χ3v) is 7.71. The van der Waals surface area contributed by atoms with Crippen LogP contribution in [0.4, 0.5) is 22.4 Å². The number of aromatic nitrogens is 1. The fraction of sp³-hybridized carbons (Fsp3) is 0.406. The van der Waals surface area contributed by atoms with E-state index < -0.39 is 47.6 Å². The summed E-state index contributed by atoms with van der Waals surface area (Å²) in [5.41, 5.74) is -0.710. The number of alkyl carbamates (subject to hydrolysis) is 1. The van der Waals surface area contributed by atoms with Crippen molar-refractivity contribution in [2.75, 3.05) is 40.1 Å². The topological polar surface area (TPSA) is 128 Å². The number of carbonyl (C=O) groups is 2. The van der Waals surface area contributed by atoms with Gasteiger partial charge in [0.25, 0.3) is 5.91 Å². The molecule has 3 N–H and O–H groups in total. The molecule has 46 heavy (non-hydrogen) atoms. The largest absolute Gasteiger partial charge is 0.493 e. The van der Waals surface area contributed by atoms with Gasteiger partial charge in [-0.15, -0.1) is 0 Å². The summed E-state index contributed by atoms with van der Waals surface area (Å²) in [6.07, 6.45) is -3.78. The molecule has 0 saturated heterocycles. The van der Waals surface area contributed by atoms with E-state index in [1.54, 1.807) is 6.92 Å². The maximum atomic E-state index is 14.7. The Morgan fingerprint density at radius 1 is 1.13 bits per heavy atom. The lowest BCUT2D eigenvalue weighted by molar-refractivity contribution is -0.149. The first-order chi connectivity index (χ1) is 21.9. The SMILES string of the molecule is COc1cc(C(=O)NC[C@H](c2cc3c(c(-c4ccc(F)cc4)n2)OC[C@]3(C)COC(=O)NC2CC2)C(F)(F)F)ccc1OCCO. The van der Waals surface area contributed by atoms with E-state index in [2.05, 4.69) is 15.6 Å². The van der Waals surface area contributed by atoms with Gasteiger partial charge in [-0.05, 0) is 68.3 Å². The molecule has 0 unspecified atom stereocenters. The average molecular weight is 648 g/mol. The van der Waals surface area contributed by atoms with Crippen LogP contribution in [0.3, 0.4) is 0 Å². The van der Waals surface area contributed by atoms with Crippen molar-refractivity contribution in [2.45, 2.75) is 43.3 Å². The lowest BCUT2D eigenvalue weighted by atomic mass is 9.83. The standard InChI is InChI=1S/C32H33F4N3O7/c1-31(17-46-30(42)38-21-8-9-21)16-45-28-22(31)14-24(39-27(28)18-3-6-20(33)7-4-18)23(32(34,35)36)15-37-29(41)19-5-10-25(44-12-11-40)26(13-19)43-2/h3-7,10,13-14,21,23,40H,8-9,11-12,15-17H2,1-2H3,(H,37,41)(H,38,42)/t23-,31-/m1/s1. The van der Waals surface area contributed by atoms with Gasteiger partial charge in [-0.25, -0.2) is 14.2 Å². The first-order valence-electron chi connectivity index (χ1n) is 14.6. The van der Waals surface area contributed by atoms with E-state index in [9.17, 15) is 27.2 Å². The molecule has 0 radical (unpaired) electrons. The smallest absolute Gasteiger partial charge is 0.407 e. The Kier molecular flexibility index (Phi) is 9.56. The zero-order chi connectivity index (χ0) is 33.1. The fourth-order valence-corrected chi connectivity index (χ4v) is 4.99. The Hall–Kier alpha value is -4.59. The van der Waals surface area contributed by atoms with Gasteiger partial charge in [-0.3, -0.25) is 4.79 Å². The lowest BCUT2D eigenvalue weighted by Crippen LogP contribution is -2.37. The van der Waals surface area contributed by atoms with Gasteiger partial charge in [0.1, 0.15) is 43.0 Å². The summed E-state index contributed by atoms with van der Waals surface area (Å²) >= 11 is 0. The predicted octanol–water partition coefficient (Wildman–Crippen LogP) is 4.88. The molecule has 0 bridgehead atoms. The van der Waals surface area contributed by atoms with Crippen LogP contribution in [0.15, 0.2) is 48.5 Å². The maximum absolute atomic E-state index is 14.7. The summed E-state index contributed by atoms with van der Waals surface area (Å²) in [5, 5.41) is 14.0. The van der Waals surface area contributed by atoms with Crippen LogP contribution in [0.1, 0.15) is 47.3 Å². The number of hydrogen-bond donors (Lipinski definition) is 3. The molecule has 1 aliphatic carbocycles. The Bertz CT molecular complexity index is 1580. The maximum Gasteiger partial charge on any atom is 0.407 e. The van der Waals surface area contributed by atoms with E-state index in [-0.39, 0.29) is 61.0 Å². The molecular formula is C32H33F4N3O7. The number of nitrogens with one attached hydrogen (secondary N) is 2. The highest BCUT2D eigenvalue weighted by Crippen LogP contribution is 2.47. The molecule has 2 aliphatic rings. The van der Waals surface area contributed by atoms with Crippen molar-refractivity contribution >= 4 is 12.0 Å². The van der Waals surface area contributed by atoms with Gasteiger partial charge in [0.2, 0.25) is 0 Å². The monoisotopic (exact) mass is 647 g/mol. The van der Waals surface area contributed by atoms with Crippen LogP contribution < -0.4 is 24.8 Å². The van der Waals surface area contributed by atoms with Crippen molar-refractivity contribution in [3.05, 3.63) is 71.2 Å². The number of alkyl halides is 3. The van der Waals surface area contributed by atoms with Crippen molar-refractivity contribution in [1.29, 1.82) is 0 Å². The molecule has 1 aliphatic heterocycles. The summed E-state index contributed by atoms with van der Waals surface area (Å²) in [5.74, 6) is -2.99. The van der Waals surface area contributed by atoms with E-state index in [0.29, 0.717) is 11.1 Å². The van der Waals surface area contributed by atoms with Gasteiger partial charge < -0.3 is 34.7 Å². The van der Waals surface area contributed by atoms with Crippen LogP contribution >= 0.6 is 0 Å². The molecule has 2 amide bonds. The van der Waals surface area contributed by atoms with Gasteiger partial charge >= 0.3 is 12.3 Å². The number of methoxy groups -OCH3 is 1. The normalized spacial score (nSPS) is 17.8. The Morgan fingerprint density at radius 2 is 1.87 bits per heavy atom. The minimum Gasteiger partial charge on any atom is -0.493 e. The number of ether oxygens (including phenoxy) is 4. The number of pyridine rings is 1. The number of nitrogens with zero attached hydrogens (tertiary/aromatic N) is 1. The molecule has 1 saturated carbocycles. The van der Waals surface area contributed by atoms with Gasteiger partial charge in [0.05, 0.1) is 24.8 Å². The molecular weight excluding hydrogens is 614 g/mol. The van der Waals surface area contributed by atoms with Crippen molar-refractivity contribution in [1.82, 2.24) is 15.6 Å². The third-order valence-electron chi connectivity index (χ3n) is 7.71. The predicted molar refractivity (Wildman–Crippen MR) is 157 cm³/mol. The molecule has 246 valence electrons. The van der Waals surface area contributed by atoms with Crippen molar-refractivity contribution in [3.63, 3.8) is 0 Å². The zero-order valence-corrected chi connectivity index (χ0v) is 25.1. The molecule has 1 fully saturated rings. The van der Waals surface area contributed by atoms with E-state index >= 15 is 0 Å². The molecule has 0 spiro atoms. The molecule has 2 heterocycles. The highest BCUT2D eigenvalue weighted by atomic mass is 19.4. The number of carbonyl (C=O) groups excluding carboxylic acids is 2. The summed E-state index contributed by atoms with van der Waals surface area (Å²) in [6, 6.07) is 10.5. The van der Waals surface area contributed by atoms with Crippen molar-refractivity contribution in [3.8, 4) is 28.5 Å². The van der Waals surface area contributed by atoms with Crippen LogP contribution in [0.25, 0.3) is 11.3 Å². The molecule has 5 rings (SSSR count). The number of aliphatic hydroxyl groups is 1. The first kappa shape index (κ1) is 32.8. The summed E-state index contributed by atoms with van der Waals surface area (Å²) in [6.45, 7) is 0.376. The second-order valence-corrected chi connectivity index (χ2v) is 11.4. The molecule has 10 nitrogen and oxygen atoms in total. The van der Waals surface area contributed by atoms with Crippen molar-refractivity contribution < 1.29 is 51.2 Å². The highest BCUT2D eigenvalue weighted by molar-refractivity contribution is 5.95. The molecule has 14 heteroatoms. The van der Waals surface area contributed by atoms with E-state index in [1.807, 2.05) is 0 Å². The van der Waals surface area contributed by atoms with Crippen LogP contribution in [-0.2, 0) is 10.2 Å². The van der Waals surface area contributed by atoms with Crippen LogP contribution in [0, 0.1) is 5.82 Å². The number of amides is 2. The molecule has 2 atom stereocenters. The zero-order valence-electron chi connectivity index (χ0n) is 25.1. The fourth-order valence-electron chi connectivity index (χ4n) is 4.99. The molecule has 3 aromatic rings. The summed E-state index contributed by atoms with van der Waals surface area (Å²) < 4.78 is 79.6. The van der Waals surface area contributed by atoms with Crippen molar-refractivity contribution in [2.24, 2.45) is 0 Å². The summed E-state index contributed by atoms with van der Waals surface area (Å²) in [4.78, 5) is 29.6. The van der Waals surface area contributed by atoms with Gasteiger partial charge in [0.15, 0.2) is 11.5 Å². The Morgan fingerprint density at radius 3 is 2.52 bits per heavy atom. The van der Waals surface area contributed by atoms with Gasteiger partial charge in [0, 0.05) is 29.3 Å². The van der Waals surface area contributed by atoms with E-state index in [0.717, 1.165) is 25.0 Å². The number of fused-ring (bicyclic) bond motifs is 1. The highest BCUT2D eigenvalue weighted by Gasteiger charge is 2.46. The number of hydrogen-bond acceptors (Lipinski definition) is 8. The first-order valence-corrected chi connectivity index (χ1v) is 14.6. The van der Waals surface area contributed by atoms with Crippen LogP contribution in [0.2, 0.25) is 0 Å². The van der Waals surface area contributed by atoms with E-state index in [4.69, 9.17) is 24.1 Å².